The molecule has 0 radical (unpaired) electrons. The van der Waals surface area contributed by atoms with Gasteiger partial charge in [-0.1, -0.05) is 33.1 Å². The summed E-state index contributed by atoms with van der Waals surface area (Å²) in [6.07, 6.45) is 5.16. The van der Waals surface area contributed by atoms with Crippen LogP contribution in [0.3, 0.4) is 0 Å². The van der Waals surface area contributed by atoms with Crippen LogP contribution in [0.4, 0.5) is 13.2 Å². The van der Waals surface area contributed by atoms with E-state index in [9.17, 15) is 21.6 Å². The van der Waals surface area contributed by atoms with Gasteiger partial charge in [0.1, 0.15) is 0 Å². The Morgan fingerprint density at radius 2 is 1.88 bits per heavy atom. The average molecular weight is 401 g/mol. The minimum Gasteiger partial charge on any atom is -0.356 e. The fourth-order valence-corrected chi connectivity index (χ4v) is 3.94. The van der Waals surface area contributed by atoms with Crippen LogP contribution in [0.1, 0.15) is 52.4 Å². The number of nitrogens with one attached hydrogen (secondary N) is 2. The lowest BCUT2D eigenvalue weighted by Gasteiger charge is -2.32. The van der Waals surface area contributed by atoms with Gasteiger partial charge in [-0.05, 0) is 25.2 Å². The summed E-state index contributed by atoms with van der Waals surface area (Å²) in [5.41, 5.74) is -5.24. The molecule has 0 aromatic heterocycles. The van der Waals surface area contributed by atoms with Crippen molar-refractivity contribution in [3.05, 3.63) is 0 Å². The van der Waals surface area contributed by atoms with Crippen molar-refractivity contribution in [1.29, 1.82) is 0 Å². The molecule has 0 saturated carbocycles. The molecule has 0 spiro atoms. The van der Waals surface area contributed by atoms with Gasteiger partial charge in [0.25, 0.3) is 0 Å². The molecule has 2 N–H and O–H groups in total. The highest BCUT2D eigenvalue weighted by Crippen LogP contribution is 2.28. The zero-order valence-corrected chi connectivity index (χ0v) is 16.6. The fourth-order valence-electron chi connectivity index (χ4n) is 2.96. The summed E-state index contributed by atoms with van der Waals surface area (Å²) in [6, 6.07) is -0.100. The molecule has 0 bridgehead atoms. The summed E-state index contributed by atoms with van der Waals surface area (Å²) in [4.78, 5) is 4.16. The number of halogens is 3. The second-order valence-corrected chi connectivity index (χ2v) is 8.57. The van der Waals surface area contributed by atoms with Crippen LogP contribution in [0.2, 0.25) is 0 Å². The van der Waals surface area contributed by atoms with Gasteiger partial charge in [0.15, 0.2) is 5.96 Å². The van der Waals surface area contributed by atoms with E-state index >= 15 is 0 Å². The second-order valence-electron chi connectivity index (χ2n) is 6.64. The molecule has 1 aliphatic heterocycles. The summed E-state index contributed by atoms with van der Waals surface area (Å²) < 4.78 is 61.2. The predicted molar refractivity (Wildman–Crippen MR) is 97.4 cm³/mol. The largest absolute Gasteiger partial charge is 0.511 e. The van der Waals surface area contributed by atoms with E-state index < -0.39 is 15.5 Å². The van der Waals surface area contributed by atoms with Gasteiger partial charge in [0.2, 0.25) is 0 Å². The third-order valence-corrected chi connectivity index (χ3v) is 6.38. The highest BCUT2D eigenvalue weighted by molar-refractivity contribution is 7.90. The number of aliphatic imine (C=N–C) groups is 1. The van der Waals surface area contributed by atoms with Crippen molar-refractivity contribution in [2.75, 3.05) is 26.7 Å². The number of unbranched alkanes of at least 4 members (excludes halogenated alkanes) is 1. The molecule has 0 aliphatic carbocycles. The van der Waals surface area contributed by atoms with Crippen LogP contribution in [0.25, 0.3) is 0 Å². The van der Waals surface area contributed by atoms with Crippen molar-refractivity contribution in [3.8, 4) is 0 Å². The topological polar surface area (TPSA) is 73.8 Å². The second kappa shape index (κ2) is 10.3. The molecule has 6 nitrogen and oxygen atoms in total. The van der Waals surface area contributed by atoms with Crippen LogP contribution in [-0.4, -0.2) is 56.9 Å². The molecular weight excluding hydrogens is 369 g/mol. The van der Waals surface area contributed by atoms with Gasteiger partial charge in [-0.2, -0.15) is 17.5 Å². The molecule has 1 atom stereocenters. The van der Waals surface area contributed by atoms with Crippen LogP contribution < -0.4 is 10.6 Å². The molecule has 0 amide bonds. The van der Waals surface area contributed by atoms with Crippen molar-refractivity contribution in [3.63, 3.8) is 0 Å². The van der Waals surface area contributed by atoms with E-state index in [0.29, 0.717) is 29.0 Å². The Hall–Kier alpha value is -1.03. The van der Waals surface area contributed by atoms with Gasteiger partial charge in [0.05, 0.1) is 0 Å². The first-order valence-corrected chi connectivity index (χ1v) is 10.6. The lowest BCUT2D eigenvalue weighted by atomic mass is 9.99. The molecule has 10 heteroatoms. The predicted octanol–water partition coefficient (Wildman–Crippen LogP) is 2.68. The first-order chi connectivity index (χ1) is 12.2. The maximum Gasteiger partial charge on any atom is 0.511 e. The third kappa shape index (κ3) is 6.61. The molecule has 26 heavy (non-hydrogen) atoms. The minimum absolute atomic E-state index is 0.100. The molecule has 1 fully saturated rings. The van der Waals surface area contributed by atoms with E-state index in [-0.39, 0.29) is 19.1 Å². The van der Waals surface area contributed by atoms with Gasteiger partial charge < -0.3 is 10.6 Å². The Bertz CT molecular complexity index is 544. The molecule has 0 aromatic carbocycles. The normalized spacial score (nSPS) is 19.4. The zero-order chi connectivity index (χ0) is 19.8. The van der Waals surface area contributed by atoms with Crippen LogP contribution in [-0.2, 0) is 10.0 Å². The smallest absolute Gasteiger partial charge is 0.356 e. The first kappa shape index (κ1) is 23.0. The number of guanidine groups is 1. The van der Waals surface area contributed by atoms with Crippen molar-refractivity contribution < 1.29 is 21.6 Å². The highest BCUT2D eigenvalue weighted by Gasteiger charge is 2.50. The molecule has 0 aromatic rings. The highest BCUT2D eigenvalue weighted by atomic mass is 32.2. The molecule has 1 unspecified atom stereocenters. The number of rotatable bonds is 8. The van der Waals surface area contributed by atoms with Crippen LogP contribution in [0, 0.1) is 5.92 Å². The van der Waals surface area contributed by atoms with Crippen molar-refractivity contribution in [2.45, 2.75) is 63.9 Å². The van der Waals surface area contributed by atoms with Gasteiger partial charge in [-0.3, -0.25) is 4.99 Å². The van der Waals surface area contributed by atoms with Gasteiger partial charge >= 0.3 is 15.5 Å². The summed E-state index contributed by atoms with van der Waals surface area (Å²) in [5.74, 6) is 1.16. The fraction of sp³-hybridized carbons (Fsp3) is 0.938. The Morgan fingerprint density at radius 3 is 2.35 bits per heavy atom. The molecular formula is C16H31F3N4O2S. The molecule has 1 rings (SSSR count). The number of sulfonamides is 1. The summed E-state index contributed by atoms with van der Waals surface area (Å²) in [6.45, 7) is 4.80. The Morgan fingerprint density at radius 1 is 1.27 bits per heavy atom. The number of nitrogens with zero attached hydrogens (tertiary/aromatic N) is 2. The quantitative estimate of drug-likeness (QED) is 0.485. The van der Waals surface area contributed by atoms with E-state index in [1.807, 2.05) is 0 Å². The van der Waals surface area contributed by atoms with E-state index in [2.05, 4.69) is 29.5 Å². The monoisotopic (exact) mass is 400 g/mol. The van der Waals surface area contributed by atoms with Crippen molar-refractivity contribution >= 4 is 16.0 Å². The lowest BCUT2D eigenvalue weighted by Crippen LogP contribution is -2.52. The van der Waals surface area contributed by atoms with E-state index in [4.69, 9.17) is 0 Å². The average Bonchev–Trinajstić information content (AvgIpc) is 2.60. The van der Waals surface area contributed by atoms with Crippen molar-refractivity contribution in [1.82, 2.24) is 14.9 Å². The SMILES string of the molecule is CCCCC(CC)CNC(=NC)NC1CCN(S(=O)(=O)C(F)(F)F)CC1. The molecule has 1 aliphatic rings. The maximum atomic E-state index is 12.6. The Labute approximate surface area is 154 Å². The first-order valence-electron chi connectivity index (χ1n) is 9.19. The van der Waals surface area contributed by atoms with Gasteiger partial charge in [-0.25, -0.2) is 8.42 Å². The van der Waals surface area contributed by atoms with E-state index in [1.165, 1.54) is 6.42 Å². The zero-order valence-electron chi connectivity index (χ0n) is 15.8. The summed E-state index contributed by atoms with van der Waals surface area (Å²) in [7, 11) is -3.59. The van der Waals surface area contributed by atoms with Crippen LogP contribution >= 0.6 is 0 Å². The number of hydrogen-bond donors (Lipinski definition) is 2. The van der Waals surface area contributed by atoms with Crippen molar-refractivity contribution in [2.24, 2.45) is 10.9 Å². The van der Waals surface area contributed by atoms with E-state index in [1.54, 1.807) is 7.05 Å². The number of piperidine rings is 1. The number of hydrogen-bond acceptors (Lipinski definition) is 3. The number of alkyl halides is 3. The standard InChI is InChI=1S/C16H31F3N4O2S/c1-4-6-7-13(5-2)12-21-15(20-3)22-14-8-10-23(11-9-14)26(24,25)16(17,18)19/h13-14H,4-12H2,1-3H3,(H2,20,21,22). The molecule has 1 saturated heterocycles. The molecule has 154 valence electrons. The van der Waals surface area contributed by atoms with Gasteiger partial charge in [-0.15, -0.1) is 0 Å². The maximum absolute atomic E-state index is 12.6. The minimum atomic E-state index is -5.24. The Balaban J connectivity index is 2.47. The van der Waals surface area contributed by atoms with Crippen LogP contribution in [0.15, 0.2) is 4.99 Å². The third-order valence-electron chi connectivity index (χ3n) is 4.75. The summed E-state index contributed by atoms with van der Waals surface area (Å²) >= 11 is 0. The molecule has 1 heterocycles. The van der Waals surface area contributed by atoms with Crippen LogP contribution in [0.5, 0.6) is 0 Å². The van der Waals surface area contributed by atoms with E-state index in [0.717, 1.165) is 25.8 Å². The van der Waals surface area contributed by atoms with Gasteiger partial charge in [0, 0.05) is 32.7 Å². The summed E-state index contributed by atoms with van der Waals surface area (Å²) in [5, 5.41) is 6.46. The lowest BCUT2D eigenvalue weighted by molar-refractivity contribution is -0.0494. The Kier molecular flexibility index (Phi) is 9.15.